The van der Waals surface area contributed by atoms with Gasteiger partial charge in [-0.25, -0.2) is 8.78 Å². The van der Waals surface area contributed by atoms with Crippen molar-refractivity contribution in [1.29, 1.82) is 5.26 Å². The number of nitrogens with zero attached hydrogens (tertiary/aromatic N) is 3. The number of nitro groups is 1. The minimum atomic E-state index is -3.04. The first-order valence-electron chi connectivity index (χ1n) is 4.07. The van der Waals surface area contributed by atoms with E-state index in [1.807, 2.05) is 0 Å². The van der Waals surface area contributed by atoms with Gasteiger partial charge in [-0.3, -0.25) is 15.1 Å². The predicted octanol–water partition coefficient (Wildman–Crippen LogP) is 1.26. The number of nitrogens with two attached hydrogens (primary N) is 1. The van der Waals surface area contributed by atoms with Crippen molar-refractivity contribution in [2.75, 3.05) is 0 Å². The van der Waals surface area contributed by atoms with E-state index < -0.39 is 28.3 Å². The highest BCUT2D eigenvalue weighted by Crippen LogP contribution is 2.29. The molecule has 0 aromatic carbocycles. The van der Waals surface area contributed by atoms with Gasteiger partial charge in [0.2, 0.25) is 0 Å². The maximum absolute atomic E-state index is 12.4. The zero-order chi connectivity index (χ0) is 12.3. The van der Waals surface area contributed by atoms with Crippen molar-refractivity contribution >= 4 is 5.69 Å². The van der Waals surface area contributed by atoms with E-state index in [0.29, 0.717) is 0 Å². The van der Waals surface area contributed by atoms with E-state index in [4.69, 9.17) is 11.0 Å². The molecule has 0 saturated carbocycles. The minimum Gasteiger partial charge on any atom is -0.326 e. The molecule has 0 aliphatic carbocycles. The molecule has 0 fully saturated rings. The molecule has 0 amide bonds. The molecule has 0 unspecified atom stereocenters. The van der Waals surface area contributed by atoms with Gasteiger partial charge in [0.25, 0.3) is 12.1 Å². The molecular weight excluding hydrogens is 222 g/mol. The average molecular weight is 228 g/mol. The Morgan fingerprint density at radius 3 is 2.69 bits per heavy atom. The quantitative estimate of drug-likeness (QED) is 0.619. The number of halogens is 2. The summed E-state index contributed by atoms with van der Waals surface area (Å²) in [4.78, 5) is 13.1. The van der Waals surface area contributed by atoms with Crippen LogP contribution in [-0.4, -0.2) is 9.91 Å². The number of aromatic nitrogens is 1. The summed E-state index contributed by atoms with van der Waals surface area (Å²) in [5.74, 6) is 0. The Bertz CT molecular complexity index is 470. The van der Waals surface area contributed by atoms with Crippen LogP contribution < -0.4 is 5.73 Å². The molecule has 0 bridgehead atoms. The SMILES string of the molecule is N#Cc1c(C(F)F)ncc(CN)c1[N+](=O)[O-]. The summed E-state index contributed by atoms with van der Waals surface area (Å²) in [7, 11) is 0. The topological polar surface area (TPSA) is 106 Å². The largest absolute Gasteiger partial charge is 0.326 e. The molecule has 2 N–H and O–H groups in total. The summed E-state index contributed by atoms with van der Waals surface area (Å²) in [5.41, 5.74) is 2.82. The number of rotatable bonds is 3. The van der Waals surface area contributed by atoms with Crippen LogP contribution in [0.5, 0.6) is 0 Å². The van der Waals surface area contributed by atoms with Crippen molar-refractivity contribution < 1.29 is 13.7 Å². The van der Waals surface area contributed by atoms with Crippen LogP contribution in [0, 0.1) is 21.4 Å². The lowest BCUT2D eigenvalue weighted by Gasteiger charge is -2.05. The van der Waals surface area contributed by atoms with Crippen LogP contribution in [0.3, 0.4) is 0 Å². The van der Waals surface area contributed by atoms with E-state index in [2.05, 4.69) is 4.98 Å². The molecule has 0 saturated heterocycles. The Labute approximate surface area is 88.5 Å². The second-order valence-corrected chi connectivity index (χ2v) is 2.77. The van der Waals surface area contributed by atoms with Gasteiger partial charge >= 0.3 is 0 Å². The Morgan fingerprint density at radius 2 is 2.31 bits per heavy atom. The Hall–Kier alpha value is -2.14. The van der Waals surface area contributed by atoms with E-state index in [1.165, 1.54) is 6.07 Å². The molecule has 1 aromatic heterocycles. The summed E-state index contributed by atoms with van der Waals surface area (Å²) in [6.07, 6.45) is -2.15. The molecule has 1 aromatic rings. The van der Waals surface area contributed by atoms with Crippen LogP contribution in [0.25, 0.3) is 0 Å². The van der Waals surface area contributed by atoms with Crippen LogP contribution >= 0.6 is 0 Å². The highest BCUT2D eigenvalue weighted by Gasteiger charge is 2.27. The van der Waals surface area contributed by atoms with Crippen LogP contribution in [0.2, 0.25) is 0 Å². The molecule has 16 heavy (non-hydrogen) atoms. The molecule has 0 spiro atoms. The summed E-state index contributed by atoms with van der Waals surface area (Å²) >= 11 is 0. The third-order valence-corrected chi connectivity index (χ3v) is 1.88. The Kier molecular flexibility index (Phi) is 3.42. The first kappa shape index (κ1) is 11.9. The van der Waals surface area contributed by atoms with E-state index in [9.17, 15) is 18.9 Å². The lowest BCUT2D eigenvalue weighted by molar-refractivity contribution is -0.386. The molecule has 0 radical (unpaired) electrons. The number of hydrogen-bond donors (Lipinski definition) is 1. The summed E-state index contributed by atoms with van der Waals surface area (Å²) < 4.78 is 24.9. The van der Waals surface area contributed by atoms with Gasteiger partial charge in [-0.15, -0.1) is 0 Å². The van der Waals surface area contributed by atoms with Crippen molar-refractivity contribution in [3.05, 3.63) is 33.1 Å². The van der Waals surface area contributed by atoms with E-state index in [1.54, 1.807) is 0 Å². The molecule has 1 rings (SSSR count). The summed E-state index contributed by atoms with van der Waals surface area (Å²) in [6.45, 7) is -0.249. The van der Waals surface area contributed by atoms with E-state index >= 15 is 0 Å². The molecule has 0 atom stereocenters. The smallest absolute Gasteiger partial charge is 0.295 e. The van der Waals surface area contributed by atoms with Crippen molar-refractivity contribution in [2.24, 2.45) is 5.73 Å². The highest BCUT2D eigenvalue weighted by molar-refractivity contribution is 5.55. The minimum absolute atomic E-state index is 0.0500. The standard InChI is InChI=1S/C8H6F2N4O2/c9-8(10)6-5(2-12)7(14(15)16)4(1-11)3-13-6/h3,8H,1,11H2. The average Bonchev–Trinajstić information content (AvgIpc) is 2.26. The maximum Gasteiger partial charge on any atom is 0.295 e. The predicted molar refractivity (Wildman–Crippen MR) is 48.5 cm³/mol. The molecular formula is C8H6F2N4O2. The third-order valence-electron chi connectivity index (χ3n) is 1.88. The Balaban J connectivity index is 3.58. The Morgan fingerprint density at radius 1 is 1.69 bits per heavy atom. The number of alkyl halides is 2. The fourth-order valence-electron chi connectivity index (χ4n) is 1.19. The van der Waals surface area contributed by atoms with Crippen molar-refractivity contribution in [3.8, 4) is 6.07 Å². The van der Waals surface area contributed by atoms with Crippen LogP contribution in [0.1, 0.15) is 23.2 Å². The van der Waals surface area contributed by atoms with Crippen LogP contribution in [0.15, 0.2) is 6.20 Å². The highest BCUT2D eigenvalue weighted by atomic mass is 19.3. The van der Waals surface area contributed by atoms with E-state index in [0.717, 1.165) is 6.20 Å². The zero-order valence-corrected chi connectivity index (χ0v) is 7.85. The number of pyridine rings is 1. The van der Waals surface area contributed by atoms with Crippen LogP contribution in [-0.2, 0) is 6.54 Å². The maximum atomic E-state index is 12.4. The molecule has 8 heteroatoms. The molecule has 0 aliphatic heterocycles. The van der Waals surface area contributed by atoms with Crippen LogP contribution in [0.4, 0.5) is 14.5 Å². The third kappa shape index (κ3) is 1.94. The second-order valence-electron chi connectivity index (χ2n) is 2.77. The second kappa shape index (κ2) is 4.59. The first-order valence-corrected chi connectivity index (χ1v) is 4.07. The normalized spacial score (nSPS) is 10.2. The van der Waals surface area contributed by atoms with Gasteiger partial charge in [-0.05, 0) is 0 Å². The van der Waals surface area contributed by atoms with Gasteiger partial charge in [0.15, 0.2) is 5.56 Å². The van der Waals surface area contributed by atoms with Crippen molar-refractivity contribution in [1.82, 2.24) is 4.98 Å². The molecule has 84 valence electrons. The van der Waals surface area contributed by atoms with Crippen molar-refractivity contribution in [2.45, 2.75) is 13.0 Å². The zero-order valence-electron chi connectivity index (χ0n) is 7.85. The lowest BCUT2D eigenvalue weighted by Crippen LogP contribution is -2.08. The van der Waals surface area contributed by atoms with Gasteiger partial charge in [0, 0.05) is 12.7 Å². The number of hydrogen-bond acceptors (Lipinski definition) is 5. The van der Waals surface area contributed by atoms with Gasteiger partial charge < -0.3 is 5.73 Å². The lowest BCUT2D eigenvalue weighted by atomic mass is 10.1. The number of nitriles is 1. The molecule has 1 heterocycles. The van der Waals surface area contributed by atoms with E-state index in [-0.39, 0.29) is 12.1 Å². The molecule has 6 nitrogen and oxygen atoms in total. The summed E-state index contributed by atoms with van der Waals surface area (Å²) in [6, 6.07) is 1.36. The first-order chi connectivity index (χ1) is 7.52. The summed E-state index contributed by atoms with van der Waals surface area (Å²) in [5, 5.41) is 19.3. The fourth-order valence-corrected chi connectivity index (χ4v) is 1.19. The fraction of sp³-hybridized carbons (Fsp3) is 0.250. The molecule has 0 aliphatic rings. The van der Waals surface area contributed by atoms with Gasteiger partial charge in [-0.2, -0.15) is 5.26 Å². The van der Waals surface area contributed by atoms with Gasteiger partial charge in [0.1, 0.15) is 11.8 Å². The van der Waals surface area contributed by atoms with Gasteiger partial charge in [0.05, 0.1) is 10.5 Å². The monoisotopic (exact) mass is 228 g/mol. The van der Waals surface area contributed by atoms with Crippen molar-refractivity contribution in [3.63, 3.8) is 0 Å². The van der Waals surface area contributed by atoms with Gasteiger partial charge in [-0.1, -0.05) is 0 Å².